The van der Waals surface area contributed by atoms with Crippen LogP contribution in [0.3, 0.4) is 0 Å². The minimum absolute atomic E-state index is 0.399. The number of carbonyl (C=O) groups excluding carboxylic acids is 1. The fourth-order valence-corrected chi connectivity index (χ4v) is 1.44. The molecule has 0 fully saturated rings. The predicted molar refractivity (Wildman–Crippen MR) is 44.1 cm³/mol. The first kappa shape index (κ1) is 8.10. The quantitative estimate of drug-likeness (QED) is 0.605. The second-order valence-corrected chi connectivity index (χ2v) is 2.98. The highest BCUT2D eigenvalue weighted by Crippen LogP contribution is 2.25. The maximum atomic E-state index is 12.7. The highest BCUT2D eigenvalue weighted by atomic mass is 19.2. The summed E-state index contributed by atoms with van der Waals surface area (Å²) in [5.41, 5.74) is 1.82. The fraction of sp³-hybridized carbons (Fsp3) is 0.100. The number of hydrogen-bond acceptors (Lipinski definition) is 1. The maximum absolute atomic E-state index is 12.7. The average Bonchev–Trinajstić information content (AvgIpc) is 2.48. The molecule has 0 aliphatic heterocycles. The van der Waals surface area contributed by atoms with Crippen LogP contribution in [0.5, 0.6) is 0 Å². The molecule has 13 heavy (non-hydrogen) atoms. The Morgan fingerprint density at radius 3 is 2.62 bits per heavy atom. The molecule has 2 rings (SSSR count). The molecule has 0 heterocycles. The van der Waals surface area contributed by atoms with E-state index in [2.05, 4.69) is 0 Å². The molecule has 1 nitrogen and oxygen atoms in total. The zero-order valence-corrected chi connectivity index (χ0v) is 6.68. The molecule has 0 N–H and O–H groups in total. The Balaban J connectivity index is 2.52. The van der Waals surface area contributed by atoms with Crippen LogP contribution in [-0.4, -0.2) is 6.29 Å². The van der Waals surface area contributed by atoms with Crippen LogP contribution in [0.25, 0.3) is 6.08 Å². The summed E-state index contributed by atoms with van der Waals surface area (Å²) in [6, 6.07) is 2.25. The molecule has 0 aromatic heterocycles. The van der Waals surface area contributed by atoms with Crippen LogP contribution < -0.4 is 0 Å². The van der Waals surface area contributed by atoms with Gasteiger partial charge < -0.3 is 0 Å². The SMILES string of the molecule is O=CC1=Cc2cc(F)c(F)cc2C1. The van der Waals surface area contributed by atoms with E-state index >= 15 is 0 Å². The molecule has 0 saturated heterocycles. The van der Waals surface area contributed by atoms with Gasteiger partial charge in [0.2, 0.25) is 0 Å². The molecule has 3 heteroatoms. The van der Waals surface area contributed by atoms with Crippen LogP contribution in [0, 0.1) is 11.6 Å². The van der Waals surface area contributed by atoms with Crippen molar-refractivity contribution in [2.75, 3.05) is 0 Å². The highest BCUT2D eigenvalue weighted by Gasteiger charge is 2.15. The van der Waals surface area contributed by atoms with Crippen molar-refractivity contribution in [3.63, 3.8) is 0 Å². The Hall–Kier alpha value is -1.51. The maximum Gasteiger partial charge on any atom is 0.159 e. The van der Waals surface area contributed by atoms with E-state index in [1.807, 2.05) is 0 Å². The van der Waals surface area contributed by atoms with Gasteiger partial charge in [0.05, 0.1) is 0 Å². The van der Waals surface area contributed by atoms with Crippen molar-refractivity contribution < 1.29 is 13.6 Å². The summed E-state index contributed by atoms with van der Waals surface area (Å²) < 4.78 is 25.4. The van der Waals surface area contributed by atoms with E-state index in [1.165, 1.54) is 0 Å². The van der Waals surface area contributed by atoms with Crippen LogP contribution in [0.2, 0.25) is 0 Å². The van der Waals surface area contributed by atoms with Crippen LogP contribution in [0.1, 0.15) is 11.1 Å². The molecule has 0 spiro atoms. The van der Waals surface area contributed by atoms with Gasteiger partial charge in [0.25, 0.3) is 0 Å². The molecule has 66 valence electrons. The third-order valence-corrected chi connectivity index (χ3v) is 2.07. The van der Waals surface area contributed by atoms with Crippen molar-refractivity contribution in [2.24, 2.45) is 0 Å². The number of rotatable bonds is 1. The minimum atomic E-state index is -0.873. The molecule has 0 atom stereocenters. The molecule has 0 amide bonds. The minimum Gasteiger partial charge on any atom is -0.298 e. The Kier molecular flexibility index (Phi) is 1.72. The Bertz CT molecular complexity index is 408. The lowest BCUT2D eigenvalue weighted by atomic mass is 10.1. The number of allylic oxidation sites excluding steroid dienone is 1. The summed E-state index contributed by atoms with van der Waals surface area (Å²) in [6.45, 7) is 0. The van der Waals surface area contributed by atoms with Gasteiger partial charge in [-0.15, -0.1) is 0 Å². The Morgan fingerprint density at radius 2 is 1.92 bits per heavy atom. The van der Waals surface area contributed by atoms with E-state index < -0.39 is 11.6 Å². The van der Waals surface area contributed by atoms with E-state index in [0.717, 1.165) is 12.1 Å². The summed E-state index contributed by atoms with van der Waals surface area (Å²) in [5.74, 6) is -1.73. The van der Waals surface area contributed by atoms with Gasteiger partial charge in [0.15, 0.2) is 11.6 Å². The number of halogens is 2. The molecule has 0 bridgehead atoms. The van der Waals surface area contributed by atoms with Crippen LogP contribution in [0.15, 0.2) is 17.7 Å². The second-order valence-electron chi connectivity index (χ2n) is 2.98. The normalized spacial score (nSPS) is 13.8. The van der Waals surface area contributed by atoms with Gasteiger partial charge in [-0.05, 0) is 34.9 Å². The molecule has 1 aromatic rings. The number of hydrogen-bond donors (Lipinski definition) is 0. The van der Waals surface area contributed by atoms with Crippen LogP contribution >= 0.6 is 0 Å². The highest BCUT2D eigenvalue weighted by molar-refractivity contribution is 5.86. The van der Waals surface area contributed by atoms with E-state index in [0.29, 0.717) is 29.4 Å². The molecule has 1 aliphatic carbocycles. The molecule has 0 radical (unpaired) electrons. The lowest BCUT2D eigenvalue weighted by molar-refractivity contribution is -0.104. The average molecular weight is 180 g/mol. The lowest BCUT2D eigenvalue weighted by Crippen LogP contribution is -1.90. The summed E-state index contributed by atoms with van der Waals surface area (Å²) in [7, 11) is 0. The number of benzene rings is 1. The molecular formula is C10H6F2O. The van der Waals surface area contributed by atoms with Crippen molar-refractivity contribution in [3.05, 3.63) is 40.5 Å². The van der Waals surface area contributed by atoms with Gasteiger partial charge in [0.1, 0.15) is 6.29 Å². The first-order valence-electron chi connectivity index (χ1n) is 3.84. The van der Waals surface area contributed by atoms with E-state index in [1.54, 1.807) is 6.08 Å². The second kappa shape index (κ2) is 2.76. The largest absolute Gasteiger partial charge is 0.298 e. The predicted octanol–water partition coefficient (Wildman–Crippen LogP) is 2.10. The van der Waals surface area contributed by atoms with Gasteiger partial charge in [-0.1, -0.05) is 0 Å². The summed E-state index contributed by atoms with van der Waals surface area (Å²) in [4.78, 5) is 10.4. The molecule has 1 aromatic carbocycles. The zero-order chi connectivity index (χ0) is 9.42. The zero-order valence-electron chi connectivity index (χ0n) is 6.68. The summed E-state index contributed by atoms with van der Waals surface area (Å²) in [6.07, 6.45) is 2.68. The third-order valence-electron chi connectivity index (χ3n) is 2.07. The van der Waals surface area contributed by atoms with Crippen molar-refractivity contribution >= 4 is 12.4 Å². The first-order valence-corrected chi connectivity index (χ1v) is 3.84. The summed E-state index contributed by atoms with van der Waals surface area (Å²) >= 11 is 0. The lowest BCUT2D eigenvalue weighted by Gasteiger charge is -1.98. The first-order chi connectivity index (χ1) is 6.20. The van der Waals surface area contributed by atoms with Gasteiger partial charge in [-0.25, -0.2) is 8.78 Å². The van der Waals surface area contributed by atoms with E-state index in [-0.39, 0.29) is 0 Å². The summed E-state index contributed by atoms with van der Waals surface area (Å²) in [5, 5.41) is 0. The van der Waals surface area contributed by atoms with Crippen LogP contribution in [0.4, 0.5) is 8.78 Å². The number of carbonyl (C=O) groups is 1. The molecule has 1 aliphatic rings. The monoisotopic (exact) mass is 180 g/mol. The van der Waals surface area contributed by atoms with Gasteiger partial charge in [-0.2, -0.15) is 0 Å². The third kappa shape index (κ3) is 1.26. The van der Waals surface area contributed by atoms with Gasteiger partial charge in [-0.3, -0.25) is 4.79 Å². The van der Waals surface area contributed by atoms with Crippen LogP contribution in [-0.2, 0) is 11.2 Å². The van der Waals surface area contributed by atoms with E-state index in [4.69, 9.17) is 0 Å². The van der Waals surface area contributed by atoms with Gasteiger partial charge >= 0.3 is 0 Å². The number of aldehydes is 1. The molecular weight excluding hydrogens is 174 g/mol. The van der Waals surface area contributed by atoms with Crippen molar-refractivity contribution in [1.29, 1.82) is 0 Å². The van der Waals surface area contributed by atoms with Crippen molar-refractivity contribution in [3.8, 4) is 0 Å². The topological polar surface area (TPSA) is 17.1 Å². The Morgan fingerprint density at radius 1 is 1.23 bits per heavy atom. The van der Waals surface area contributed by atoms with Crippen molar-refractivity contribution in [2.45, 2.75) is 6.42 Å². The smallest absolute Gasteiger partial charge is 0.159 e. The Labute approximate surface area is 73.7 Å². The molecule has 0 unspecified atom stereocenters. The number of fused-ring (bicyclic) bond motifs is 1. The van der Waals surface area contributed by atoms with Gasteiger partial charge in [0, 0.05) is 6.42 Å². The molecule has 0 saturated carbocycles. The van der Waals surface area contributed by atoms with E-state index in [9.17, 15) is 13.6 Å². The fourth-order valence-electron chi connectivity index (χ4n) is 1.44. The standard InChI is InChI=1S/C10H6F2O/c11-9-3-7-1-6(5-13)2-8(7)4-10(9)12/h1,3-5H,2H2. The van der Waals surface area contributed by atoms with Crippen molar-refractivity contribution in [1.82, 2.24) is 0 Å².